The van der Waals surface area contributed by atoms with E-state index in [4.69, 9.17) is 5.73 Å². The standard InChI is InChI=1S/C27H33F4N5O2.C2H2/c1-16-6-5-7-17(12-16)14-36-26(33-25(34-36)19-13-18(28)8-9-20(19)29)23(27(2,3)4)35(22(38)15-37)11-10-21(32)24(30)31;1-2/h5-9,12-13,21,23-24,37H,10-11,14-15,32H2,1-4H3;1-2H/t21?,23-;/m0./s1. The second kappa shape index (κ2) is 14.1. The smallest absolute Gasteiger partial charge is 0.253 e. The molecular formula is C29H35F4N5O2. The number of alkyl halides is 2. The van der Waals surface area contributed by atoms with Gasteiger partial charge in [0.25, 0.3) is 6.43 Å². The van der Waals surface area contributed by atoms with E-state index in [1.165, 1.54) is 9.58 Å². The van der Waals surface area contributed by atoms with Gasteiger partial charge in [-0.15, -0.1) is 12.8 Å². The summed E-state index contributed by atoms with van der Waals surface area (Å²) in [5, 5.41) is 14.2. The second-order valence-corrected chi connectivity index (χ2v) is 10.4. The fourth-order valence-corrected chi connectivity index (χ4v) is 4.34. The van der Waals surface area contributed by atoms with Crippen molar-refractivity contribution in [3.8, 4) is 24.2 Å². The van der Waals surface area contributed by atoms with Gasteiger partial charge in [0.2, 0.25) is 5.91 Å². The highest BCUT2D eigenvalue weighted by Gasteiger charge is 2.39. The Balaban J connectivity index is 0.00000274. The first-order valence-electron chi connectivity index (χ1n) is 12.5. The number of benzene rings is 2. The van der Waals surface area contributed by atoms with E-state index in [-0.39, 0.29) is 36.7 Å². The topological polar surface area (TPSA) is 97.3 Å². The summed E-state index contributed by atoms with van der Waals surface area (Å²) in [4.78, 5) is 18.7. The zero-order valence-corrected chi connectivity index (χ0v) is 23.0. The molecule has 7 nitrogen and oxygen atoms in total. The predicted molar refractivity (Wildman–Crippen MR) is 145 cm³/mol. The Hall–Kier alpha value is -3.75. The summed E-state index contributed by atoms with van der Waals surface area (Å²) in [5.41, 5.74) is 6.48. The van der Waals surface area contributed by atoms with Crippen LogP contribution in [0.15, 0.2) is 42.5 Å². The van der Waals surface area contributed by atoms with Gasteiger partial charge >= 0.3 is 0 Å². The molecule has 1 unspecified atom stereocenters. The Morgan fingerprint density at radius 1 is 1.15 bits per heavy atom. The summed E-state index contributed by atoms with van der Waals surface area (Å²) in [7, 11) is 0. The molecule has 40 heavy (non-hydrogen) atoms. The maximum absolute atomic E-state index is 14.7. The minimum Gasteiger partial charge on any atom is -0.387 e. The molecule has 216 valence electrons. The van der Waals surface area contributed by atoms with Gasteiger partial charge in [-0.25, -0.2) is 27.2 Å². The fraction of sp³-hybridized carbons (Fsp3) is 0.414. The molecule has 3 rings (SSSR count). The van der Waals surface area contributed by atoms with E-state index >= 15 is 0 Å². The van der Waals surface area contributed by atoms with Gasteiger partial charge in [-0.05, 0) is 42.5 Å². The van der Waals surface area contributed by atoms with Crippen LogP contribution in [-0.4, -0.2) is 56.3 Å². The molecule has 0 bridgehead atoms. The van der Waals surface area contributed by atoms with Gasteiger partial charge in [-0.1, -0.05) is 50.6 Å². The van der Waals surface area contributed by atoms with Crippen molar-refractivity contribution in [1.82, 2.24) is 19.7 Å². The molecule has 1 aromatic heterocycles. The lowest BCUT2D eigenvalue weighted by molar-refractivity contribution is -0.140. The maximum atomic E-state index is 14.7. The van der Waals surface area contributed by atoms with Gasteiger partial charge < -0.3 is 15.7 Å². The Bertz CT molecular complexity index is 1300. The third-order valence-electron chi connectivity index (χ3n) is 6.14. The van der Waals surface area contributed by atoms with Crippen LogP contribution >= 0.6 is 0 Å². The second-order valence-electron chi connectivity index (χ2n) is 10.4. The van der Waals surface area contributed by atoms with Crippen molar-refractivity contribution in [1.29, 1.82) is 0 Å². The summed E-state index contributed by atoms with van der Waals surface area (Å²) in [6.45, 7) is 6.50. The number of carbonyl (C=O) groups excluding carboxylic acids is 1. The molecule has 3 aromatic rings. The van der Waals surface area contributed by atoms with E-state index in [0.29, 0.717) is 0 Å². The van der Waals surface area contributed by atoms with Crippen molar-refractivity contribution in [2.75, 3.05) is 13.2 Å². The first kappa shape index (κ1) is 32.5. The van der Waals surface area contributed by atoms with Crippen molar-refractivity contribution in [3.05, 3.63) is 71.1 Å². The number of halogens is 4. The molecule has 0 aliphatic carbocycles. The van der Waals surface area contributed by atoms with Crippen LogP contribution in [0.25, 0.3) is 11.4 Å². The number of hydrogen-bond donors (Lipinski definition) is 2. The largest absolute Gasteiger partial charge is 0.387 e. The van der Waals surface area contributed by atoms with Crippen LogP contribution in [0.4, 0.5) is 17.6 Å². The van der Waals surface area contributed by atoms with Crippen LogP contribution in [0, 0.1) is 36.8 Å². The molecule has 0 radical (unpaired) electrons. The number of aliphatic hydroxyl groups excluding tert-OH is 1. The highest BCUT2D eigenvalue weighted by atomic mass is 19.3. The van der Waals surface area contributed by atoms with E-state index in [9.17, 15) is 27.5 Å². The molecule has 2 atom stereocenters. The SMILES string of the molecule is C#C.Cc1cccc(Cn2nc(-c3cc(F)ccc3F)nc2[C@H](N(CCC(N)C(F)F)C(=O)CO)C(C)(C)C)c1. The summed E-state index contributed by atoms with van der Waals surface area (Å²) >= 11 is 0. The van der Waals surface area contributed by atoms with E-state index < -0.39 is 48.1 Å². The van der Waals surface area contributed by atoms with Crippen LogP contribution in [-0.2, 0) is 11.3 Å². The summed E-state index contributed by atoms with van der Waals surface area (Å²) in [6.07, 6.45) is 4.98. The number of hydrogen-bond acceptors (Lipinski definition) is 5. The lowest BCUT2D eigenvalue weighted by Gasteiger charge is -2.39. The number of nitrogens with two attached hydrogens (primary N) is 1. The monoisotopic (exact) mass is 561 g/mol. The molecule has 11 heteroatoms. The lowest BCUT2D eigenvalue weighted by atomic mass is 9.84. The van der Waals surface area contributed by atoms with Crippen LogP contribution in [0.2, 0.25) is 0 Å². The highest BCUT2D eigenvalue weighted by molar-refractivity contribution is 5.77. The van der Waals surface area contributed by atoms with Gasteiger partial charge in [-0.2, -0.15) is 5.10 Å². The van der Waals surface area contributed by atoms with Crippen molar-refractivity contribution in [3.63, 3.8) is 0 Å². The molecule has 3 N–H and O–H groups in total. The van der Waals surface area contributed by atoms with Gasteiger partial charge in [-0.3, -0.25) is 4.79 Å². The fourth-order valence-electron chi connectivity index (χ4n) is 4.34. The Morgan fingerprint density at radius 3 is 2.40 bits per heavy atom. The minimum absolute atomic E-state index is 0.0976. The molecule has 0 saturated carbocycles. The van der Waals surface area contributed by atoms with Crippen molar-refractivity contribution in [2.24, 2.45) is 11.1 Å². The number of nitrogens with zero attached hydrogens (tertiary/aromatic N) is 4. The number of aryl methyl sites for hydroxylation is 1. The average molecular weight is 562 g/mol. The molecule has 1 amide bonds. The van der Waals surface area contributed by atoms with Crippen LogP contribution in [0.3, 0.4) is 0 Å². The van der Waals surface area contributed by atoms with E-state index in [2.05, 4.69) is 22.9 Å². The van der Waals surface area contributed by atoms with Gasteiger partial charge in [0.05, 0.1) is 24.2 Å². The molecule has 0 spiro atoms. The predicted octanol–water partition coefficient (Wildman–Crippen LogP) is 4.72. The number of amides is 1. The molecule has 0 saturated heterocycles. The molecule has 0 fully saturated rings. The number of rotatable bonds is 10. The van der Waals surface area contributed by atoms with Crippen LogP contribution in [0.5, 0.6) is 0 Å². The van der Waals surface area contributed by atoms with E-state index in [1.807, 2.05) is 52.0 Å². The van der Waals surface area contributed by atoms with Crippen LogP contribution < -0.4 is 5.73 Å². The minimum atomic E-state index is -2.79. The van der Waals surface area contributed by atoms with Crippen LogP contribution in [0.1, 0.15) is 50.2 Å². The number of aliphatic hydroxyl groups is 1. The zero-order valence-electron chi connectivity index (χ0n) is 23.0. The van der Waals surface area contributed by atoms with Gasteiger partial charge in [0.15, 0.2) is 11.6 Å². The summed E-state index contributed by atoms with van der Waals surface area (Å²) in [5.74, 6) is -1.99. The Morgan fingerprint density at radius 2 is 1.82 bits per heavy atom. The maximum Gasteiger partial charge on any atom is 0.253 e. The third-order valence-corrected chi connectivity index (χ3v) is 6.14. The summed E-state index contributed by atoms with van der Waals surface area (Å²) in [6, 6.07) is 8.16. The van der Waals surface area contributed by atoms with Crippen molar-refractivity contribution < 1.29 is 27.5 Å². The van der Waals surface area contributed by atoms with Gasteiger partial charge in [0.1, 0.15) is 18.2 Å². The molecule has 0 aliphatic rings. The molecule has 2 aromatic carbocycles. The van der Waals surface area contributed by atoms with E-state index in [1.54, 1.807) is 0 Å². The quantitative estimate of drug-likeness (QED) is 0.276. The molecule has 0 aliphatic heterocycles. The number of carbonyl (C=O) groups is 1. The molecular weight excluding hydrogens is 526 g/mol. The first-order chi connectivity index (χ1) is 18.8. The number of terminal acetylenes is 1. The Kier molecular flexibility index (Phi) is 11.4. The van der Waals surface area contributed by atoms with E-state index in [0.717, 1.165) is 29.3 Å². The average Bonchev–Trinajstić information content (AvgIpc) is 3.29. The highest BCUT2D eigenvalue weighted by Crippen LogP contribution is 2.39. The van der Waals surface area contributed by atoms with Crippen molar-refractivity contribution >= 4 is 5.91 Å². The summed E-state index contributed by atoms with van der Waals surface area (Å²) < 4.78 is 56.5. The first-order valence-corrected chi connectivity index (χ1v) is 12.5. The van der Waals surface area contributed by atoms with Gasteiger partial charge in [0, 0.05) is 6.54 Å². The third kappa shape index (κ3) is 8.13. The zero-order chi connectivity index (χ0) is 30.2. The lowest BCUT2D eigenvalue weighted by Crippen LogP contribution is -2.46. The molecule has 1 heterocycles. The Labute approximate surface area is 232 Å². The van der Waals surface area contributed by atoms with Crippen molar-refractivity contribution in [2.45, 2.75) is 59.2 Å². The normalized spacial score (nSPS) is 12.9. The number of aromatic nitrogens is 3.